The van der Waals surface area contributed by atoms with Gasteiger partial charge in [0.1, 0.15) is 0 Å². The third-order valence-electron chi connectivity index (χ3n) is 2.10. The number of rotatable bonds is 5. The predicted molar refractivity (Wildman–Crippen MR) is 69.6 cm³/mol. The van der Waals surface area contributed by atoms with E-state index in [0.29, 0.717) is 6.29 Å². The topological polar surface area (TPSA) is 92.6 Å². The molecule has 0 radical (unpaired) electrons. The first-order chi connectivity index (χ1) is 8.93. The largest absolute Gasteiger partial charge is 0.383 e. The van der Waals surface area contributed by atoms with Gasteiger partial charge in [-0.15, -0.1) is 0 Å². The zero-order valence-electron chi connectivity index (χ0n) is 10.5. The highest BCUT2D eigenvalue weighted by molar-refractivity contribution is 6.16. The van der Waals surface area contributed by atoms with Gasteiger partial charge < -0.3 is 10.2 Å². The lowest BCUT2D eigenvalue weighted by Crippen LogP contribution is -2.18. The van der Waals surface area contributed by atoms with Gasteiger partial charge in [0.15, 0.2) is 6.29 Å². The van der Waals surface area contributed by atoms with Gasteiger partial charge in [0.05, 0.1) is 10.5 Å². The van der Waals surface area contributed by atoms with E-state index >= 15 is 0 Å². The van der Waals surface area contributed by atoms with Crippen LogP contribution in [0.4, 0.5) is 11.4 Å². The van der Waals surface area contributed by atoms with Crippen LogP contribution in [0.1, 0.15) is 0 Å². The minimum atomic E-state index is -0.621. The highest BCUT2D eigenvalue weighted by atomic mass is 16.6. The molecule has 100 valence electrons. The van der Waals surface area contributed by atoms with Crippen LogP contribution < -0.4 is 5.32 Å². The van der Waals surface area contributed by atoms with E-state index in [4.69, 9.17) is 0 Å². The van der Waals surface area contributed by atoms with Gasteiger partial charge in [-0.05, 0) is 6.07 Å². The molecule has 0 atom stereocenters. The van der Waals surface area contributed by atoms with E-state index in [1.54, 1.807) is 19.0 Å². The number of hydrogen-bond donors (Lipinski definition) is 1. The Morgan fingerprint density at radius 2 is 2.11 bits per heavy atom. The fraction of sp³-hybridized carbons (Fsp3) is 0.167. The lowest BCUT2D eigenvalue weighted by atomic mass is 10.2. The van der Waals surface area contributed by atoms with Gasteiger partial charge in [-0.1, -0.05) is 6.07 Å². The third kappa shape index (κ3) is 4.23. The van der Waals surface area contributed by atoms with E-state index in [9.17, 15) is 19.7 Å². The van der Waals surface area contributed by atoms with Crippen LogP contribution in [0.2, 0.25) is 0 Å². The van der Waals surface area contributed by atoms with Crippen molar-refractivity contribution in [2.75, 3.05) is 19.4 Å². The minimum absolute atomic E-state index is 0.0727. The van der Waals surface area contributed by atoms with Crippen LogP contribution in [0.15, 0.2) is 36.0 Å². The van der Waals surface area contributed by atoms with Crippen LogP contribution in [0, 0.1) is 10.1 Å². The summed E-state index contributed by atoms with van der Waals surface area (Å²) in [6.07, 6.45) is 1.78. The maximum atomic E-state index is 11.8. The molecule has 7 heteroatoms. The number of aldehydes is 1. The Kier molecular flexibility index (Phi) is 4.76. The second kappa shape index (κ2) is 6.29. The van der Waals surface area contributed by atoms with Crippen molar-refractivity contribution in [2.24, 2.45) is 0 Å². The number of nitrogens with one attached hydrogen (secondary N) is 1. The summed E-state index contributed by atoms with van der Waals surface area (Å²) in [5.74, 6) is -0.621. The van der Waals surface area contributed by atoms with Crippen molar-refractivity contribution in [2.45, 2.75) is 0 Å². The Morgan fingerprint density at radius 1 is 1.42 bits per heavy atom. The molecule has 0 aromatic heterocycles. The Bertz CT molecular complexity index is 538. The minimum Gasteiger partial charge on any atom is -0.383 e. The maximum absolute atomic E-state index is 11.8. The number of non-ortho nitro benzene ring substituents is 1. The van der Waals surface area contributed by atoms with Crippen LogP contribution in [0.25, 0.3) is 0 Å². The quantitative estimate of drug-likeness (QED) is 0.215. The molecule has 1 amide bonds. The molecule has 0 bridgehead atoms. The first-order valence-electron chi connectivity index (χ1n) is 5.33. The molecular weight excluding hydrogens is 250 g/mol. The van der Waals surface area contributed by atoms with Crippen molar-refractivity contribution in [3.05, 3.63) is 46.2 Å². The Hall–Kier alpha value is -2.70. The number of nitro groups is 1. The standard InChI is InChI=1S/C12H13N3O4/c1-14(2)7-9(8-16)12(17)13-10-4-3-5-11(6-10)15(18)19/h3-8H,1-2H3,(H,13,17). The van der Waals surface area contributed by atoms with E-state index in [2.05, 4.69) is 5.32 Å². The van der Waals surface area contributed by atoms with Gasteiger partial charge >= 0.3 is 0 Å². The number of carbonyl (C=O) groups excluding carboxylic acids is 2. The molecule has 0 saturated carbocycles. The van der Waals surface area contributed by atoms with Gasteiger partial charge in [0, 0.05) is 38.1 Å². The number of amides is 1. The molecule has 19 heavy (non-hydrogen) atoms. The van der Waals surface area contributed by atoms with Crippen molar-refractivity contribution < 1.29 is 14.5 Å². The van der Waals surface area contributed by atoms with Crippen LogP contribution in [0.3, 0.4) is 0 Å². The second-order valence-corrected chi connectivity index (χ2v) is 3.93. The Morgan fingerprint density at radius 3 is 2.63 bits per heavy atom. The zero-order valence-corrected chi connectivity index (χ0v) is 10.5. The lowest BCUT2D eigenvalue weighted by Gasteiger charge is -2.08. The summed E-state index contributed by atoms with van der Waals surface area (Å²) >= 11 is 0. The first kappa shape index (κ1) is 14.4. The van der Waals surface area contributed by atoms with Crippen molar-refractivity contribution in [3.8, 4) is 0 Å². The van der Waals surface area contributed by atoms with Crippen LogP contribution >= 0.6 is 0 Å². The van der Waals surface area contributed by atoms with Gasteiger partial charge in [0.25, 0.3) is 11.6 Å². The summed E-state index contributed by atoms with van der Waals surface area (Å²) in [5.41, 5.74) is 0.0456. The average molecular weight is 263 g/mol. The summed E-state index contributed by atoms with van der Waals surface area (Å²) in [5, 5.41) is 13.0. The summed E-state index contributed by atoms with van der Waals surface area (Å²) < 4.78 is 0. The van der Waals surface area contributed by atoms with E-state index in [1.807, 2.05) is 0 Å². The molecule has 0 unspecified atom stereocenters. The average Bonchev–Trinajstić information content (AvgIpc) is 2.35. The normalized spacial score (nSPS) is 10.7. The molecule has 1 N–H and O–H groups in total. The van der Waals surface area contributed by atoms with E-state index in [1.165, 1.54) is 30.5 Å². The Balaban J connectivity index is 2.90. The summed E-state index contributed by atoms with van der Waals surface area (Å²) in [6.45, 7) is 0. The van der Waals surface area contributed by atoms with Gasteiger partial charge in [-0.2, -0.15) is 0 Å². The molecule has 1 aromatic carbocycles. The van der Waals surface area contributed by atoms with Gasteiger partial charge in [-0.3, -0.25) is 19.7 Å². The van der Waals surface area contributed by atoms with Crippen molar-refractivity contribution >= 4 is 23.6 Å². The monoisotopic (exact) mass is 263 g/mol. The summed E-state index contributed by atoms with van der Waals surface area (Å²) in [6, 6.07) is 5.48. The van der Waals surface area contributed by atoms with Gasteiger partial charge in [-0.25, -0.2) is 0 Å². The first-order valence-corrected chi connectivity index (χ1v) is 5.33. The summed E-state index contributed by atoms with van der Waals surface area (Å²) in [4.78, 5) is 34.1. The molecule has 1 rings (SSSR count). The van der Waals surface area contributed by atoms with E-state index in [0.717, 1.165) is 0 Å². The summed E-state index contributed by atoms with van der Waals surface area (Å²) in [7, 11) is 3.34. The number of anilines is 1. The molecule has 0 heterocycles. The number of nitrogens with zero attached hydrogens (tertiary/aromatic N) is 2. The lowest BCUT2D eigenvalue weighted by molar-refractivity contribution is -0.384. The predicted octanol–water partition coefficient (Wildman–Crippen LogP) is 1.18. The molecule has 7 nitrogen and oxygen atoms in total. The van der Waals surface area contributed by atoms with Crippen LogP contribution in [0.5, 0.6) is 0 Å². The number of nitro benzene ring substituents is 1. The highest BCUT2D eigenvalue weighted by Gasteiger charge is 2.11. The molecule has 0 aliphatic heterocycles. The zero-order chi connectivity index (χ0) is 14.4. The third-order valence-corrected chi connectivity index (χ3v) is 2.10. The molecular formula is C12H13N3O4. The smallest absolute Gasteiger partial charge is 0.271 e. The Labute approximate surface area is 109 Å². The molecule has 0 aliphatic rings. The van der Waals surface area contributed by atoms with E-state index < -0.39 is 10.8 Å². The molecule has 1 aromatic rings. The molecule has 0 saturated heterocycles. The molecule has 0 spiro atoms. The van der Waals surface area contributed by atoms with Crippen molar-refractivity contribution in [1.82, 2.24) is 4.90 Å². The van der Waals surface area contributed by atoms with Crippen molar-refractivity contribution in [1.29, 1.82) is 0 Å². The van der Waals surface area contributed by atoms with Crippen LogP contribution in [-0.2, 0) is 9.59 Å². The second-order valence-electron chi connectivity index (χ2n) is 3.93. The number of carbonyl (C=O) groups is 2. The van der Waals surface area contributed by atoms with Gasteiger partial charge in [0.2, 0.25) is 0 Å². The SMILES string of the molecule is CN(C)C=C(C=O)C(=O)Nc1cccc([N+](=O)[O-])c1. The molecule has 0 aliphatic carbocycles. The highest BCUT2D eigenvalue weighted by Crippen LogP contribution is 2.17. The van der Waals surface area contributed by atoms with Crippen molar-refractivity contribution in [3.63, 3.8) is 0 Å². The van der Waals surface area contributed by atoms with Crippen LogP contribution in [-0.4, -0.2) is 36.1 Å². The fourth-order valence-electron chi connectivity index (χ4n) is 1.32. The number of hydrogen-bond acceptors (Lipinski definition) is 5. The fourth-order valence-corrected chi connectivity index (χ4v) is 1.32. The molecule has 0 fully saturated rings. The maximum Gasteiger partial charge on any atom is 0.271 e. The number of benzene rings is 1. The van der Waals surface area contributed by atoms with E-state index in [-0.39, 0.29) is 16.9 Å².